The van der Waals surface area contributed by atoms with Crippen LogP contribution in [0.1, 0.15) is 19.8 Å². The minimum atomic E-state index is -3.40. The maximum absolute atomic E-state index is 12.0. The first kappa shape index (κ1) is 13.3. The van der Waals surface area contributed by atoms with E-state index in [1.165, 1.54) is 8.61 Å². The Labute approximate surface area is 103 Å². The van der Waals surface area contributed by atoms with Gasteiger partial charge in [0, 0.05) is 31.9 Å². The zero-order valence-electron chi connectivity index (χ0n) is 9.87. The lowest BCUT2D eigenvalue weighted by Crippen LogP contribution is -2.60. The highest BCUT2D eigenvalue weighted by Gasteiger charge is 2.44. The molecule has 2 rings (SSSR count). The van der Waals surface area contributed by atoms with Gasteiger partial charge >= 0.3 is 0 Å². The van der Waals surface area contributed by atoms with Crippen LogP contribution in [0.5, 0.6) is 0 Å². The first-order valence-corrected chi connectivity index (χ1v) is 8.96. The lowest BCUT2D eigenvalue weighted by atomic mass is 10.3. The van der Waals surface area contributed by atoms with Crippen LogP contribution in [0.3, 0.4) is 0 Å². The fraction of sp³-hybridized carbons (Fsp3) is 1.00. The normalized spacial score (nSPS) is 25.0. The second kappa shape index (κ2) is 4.49. The Hall–Kier alpha value is -0.180. The highest BCUT2D eigenvalue weighted by molar-refractivity contribution is 7.92. The topological polar surface area (TPSA) is 74.8 Å². The van der Waals surface area contributed by atoms with Crippen LogP contribution in [0.2, 0.25) is 0 Å². The van der Waals surface area contributed by atoms with Gasteiger partial charge in [0.05, 0.1) is 5.25 Å². The quantitative estimate of drug-likeness (QED) is 0.693. The van der Waals surface area contributed by atoms with Gasteiger partial charge in [-0.05, 0) is 12.8 Å². The van der Waals surface area contributed by atoms with Gasteiger partial charge in [-0.1, -0.05) is 6.92 Å². The molecule has 100 valence electrons. The monoisotopic (exact) mass is 282 g/mol. The van der Waals surface area contributed by atoms with E-state index >= 15 is 0 Å². The molecule has 0 saturated carbocycles. The van der Waals surface area contributed by atoms with E-state index in [1.54, 1.807) is 6.92 Å². The molecule has 2 aliphatic heterocycles. The van der Waals surface area contributed by atoms with Crippen molar-refractivity contribution in [1.29, 1.82) is 0 Å². The summed E-state index contributed by atoms with van der Waals surface area (Å²) in [6.45, 7) is 2.95. The van der Waals surface area contributed by atoms with Gasteiger partial charge in [-0.2, -0.15) is 17.0 Å². The highest BCUT2D eigenvalue weighted by Crippen LogP contribution is 2.24. The molecule has 2 fully saturated rings. The van der Waals surface area contributed by atoms with Crippen LogP contribution in [-0.4, -0.2) is 62.6 Å². The van der Waals surface area contributed by atoms with Gasteiger partial charge in [-0.15, -0.1) is 0 Å². The molecule has 0 amide bonds. The van der Waals surface area contributed by atoms with E-state index in [0.29, 0.717) is 13.1 Å². The third-order valence-electron chi connectivity index (χ3n) is 3.44. The molecule has 0 aromatic carbocycles. The minimum absolute atomic E-state index is 0.0786. The van der Waals surface area contributed by atoms with Gasteiger partial charge in [0.25, 0.3) is 10.2 Å². The highest BCUT2D eigenvalue weighted by atomic mass is 32.2. The Balaban J connectivity index is 2.00. The third-order valence-corrected chi connectivity index (χ3v) is 7.53. The Morgan fingerprint density at radius 1 is 1.00 bits per heavy atom. The summed E-state index contributed by atoms with van der Waals surface area (Å²) >= 11 is 0. The van der Waals surface area contributed by atoms with Crippen molar-refractivity contribution in [2.75, 3.05) is 31.9 Å². The number of hydrogen-bond donors (Lipinski definition) is 0. The Morgan fingerprint density at radius 3 is 2.00 bits per heavy atom. The summed E-state index contributed by atoms with van der Waals surface area (Å²) in [5.74, 6) is 0.0786. The second-order valence-corrected chi connectivity index (χ2v) is 9.00. The van der Waals surface area contributed by atoms with Crippen molar-refractivity contribution >= 4 is 20.0 Å². The number of sulfone groups is 1. The molecule has 2 aliphatic rings. The second-order valence-electron chi connectivity index (χ2n) is 4.50. The zero-order valence-corrected chi connectivity index (χ0v) is 11.5. The lowest BCUT2D eigenvalue weighted by Gasteiger charge is -2.39. The molecule has 0 N–H and O–H groups in total. The number of nitrogens with zero attached hydrogens (tertiary/aromatic N) is 2. The molecule has 8 heteroatoms. The van der Waals surface area contributed by atoms with Crippen LogP contribution in [0.15, 0.2) is 0 Å². The molecule has 0 radical (unpaired) electrons. The van der Waals surface area contributed by atoms with Crippen molar-refractivity contribution in [3.05, 3.63) is 0 Å². The van der Waals surface area contributed by atoms with Crippen molar-refractivity contribution < 1.29 is 16.8 Å². The van der Waals surface area contributed by atoms with Crippen LogP contribution in [0, 0.1) is 0 Å². The molecule has 0 aromatic heterocycles. The SMILES string of the molecule is CCS(=O)(=O)C1CN(S(=O)(=O)N2CCCC2)C1. The third kappa shape index (κ3) is 2.35. The van der Waals surface area contributed by atoms with Crippen LogP contribution >= 0.6 is 0 Å². The molecule has 0 atom stereocenters. The Bertz CT molecular complexity index is 473. The molecule has 2 saturated heterocycles. The van der Waals surface area contributed by atoms with Crippen molar-refractivity contribution in [2.24, 2.45) is 0 Å². The van der Waals surface area contributed by atoms with Crippen molar-refractivity contribution in [2.45, 2.75) is 25.0 Å². The summed E-state index contributed by atoms with van der Waals surface area (Å²) in [6.07, 6.45) is 1.79. The van der Waals surface area contributed by atoms with Crippen LogP contribution in [0.4, 0.5) is 0 Å². The zero-order chi connectivity index (χ0) is 12.7. The Morgan fingerprint density at radius 2 is 1.53 bits per heavy atom. The standard InChI is InChI=1S/C9H18N2O4S2/c1-2-16(12,13)9-7-11(8-9)17(14,15)10-5-3-4-6-10/h9H,2-8H2,1H3. The lowest BCUT2D eigenvalue weighted by molar-refractivity contribution is 0.283. The first-order chi connectivity index (χ1) is 7.88. The molecule has 0 aromatic rings. The summed E-state index contributed by atoms with van der Waals surface area (Å²) in [5.41, 5.74) is 0. The summed E-state index contributed by atoms with van der Waals surface area (Å²) in [7, 11) is -6.50. The fourth-order valence-electron chi connectivity index (χ4n) is 2.13. The van der Waals surface area contributed by atoms with E-state index in [2.05, 4.69) is 0 Å². The number of hydrogen-bond acceptors (Lipinski definition) is 4. The van der Waals surface area contributed by atoms with Gasteiger partial charge < -0.3 is 0 Å². The van der Waals surface area contributed by atoms with E-state index in [1.807, 2.05) is 0 Å². The van der Waals surface area contributed by atoms with Gasteiger partial charge in [0.15, 0.2) is 9.84 Å². The molecule has 6 nitrogen and oxygen atoms in total. The molecule has 0 spiro atoms. The number of rotatable bonds is 4. The van der Waals surface area contributed by atoms with Crippen LogP contribution < -0.4 is 0 Å². The summed E-state index contributed by atoms with van der Waals surface area (Å²) < 4.78 is 49.9. The van der Waals surface area contributed by atoms with Gasteiger partial charge in [0.2, 0.25) is 0 Å². The van der Waals surface area contributed by atoms with Gasteiger partial charge in [0.1, 0.15) is 0 Å². The molecule has 0 unspecified atom stereocenters. The first-order valence-electron chi connectivity index (χ1n) is 5.84. The van der Waals surface area contributed by atoms with E-state index in [0.717, 1.165) is 12.8 Å². The van der Waals surface area contributed by atoms with Gasteiger partial charge in [-0.25, -0.2) is 8.42 Å². The Kier molecular flexibility index (Phi) is 3.50. The van der Waals surface area contributed by atoms with Gasteiger partial charge in [-0.3, -0.25) is 0 Å². The fourth-order valence-corrected chi connectivity index (χ4v) is 5.39. The maximum Gasteiger partial charge on any atom is 0.282 e. The predicted octanol–water partition coefficient (Wildman–Crippen LogP) is -0.554. The molecule has 2 heterocycles. The van der Waals surface area contributed by atoms with Crippen molar-refractivity contribution in [3.8, 4) is 0 Å². The molecular formula is C9H18N2O4S2. The molecule has 0 bridgehead atoms. The van der Waals surface area contributed by atoms with Crippen LogP contribution in [0.25, 0.3) is 0 Å². The predicted molar refractivity (Wildman–Crippen MR) is 64.5 cm³/mol. The average Bonchev–Trinajstić information content (AvgIpc) is 2.67. The molecule has 17 heavy (non-hydrogen) atoms. The van der Waals surface area contributed by atoms with Crippen molar-refractivity contribution in [3.63, 3.8) is 0 Å². The minimum Gasteiger partial charge on any atom is -0.228 e. The summed E-state index contributed by atoms with van der Waals surface area (Å²) in [4.78, 5) is 0. The largest absolute Gasteiger partial charge is 0.282 e. The van der Waals surface area contributed by atoms with E-state index in [-0.39, 0.29) is 18.8 Å². The van der Waals surface area contributed by atoms with E-state index < -0.39 is 25.3 Å². The van der Waals surface area contributed by atoms with Crippen LogP contribution in [-0.2, 0) is 20.0 Å². The van der Waals surface area contributed by atoms with E-state index in [4.69, 9.17) is 0 Å². The van der Waals surface area contributed by atoms with E-state index in [9.17, 15) is 16.8 Å². The summed E-state index contributed by atoms with van der Waals surface area (Å²) in [5, 5.41) is -0.509. The summed E-state index contributed by atoms with van der Waals surface area (Å²) in [6, 6.07) is 0. The smallest absolute Gasteiger partial charge is 0.228 e. The molecular weight excluding hydrogens is 264 g/mol. The average molecular weight is 282 g/mol. The van der Waals surface area contributed by atoms with Crippen molar-refractivity contribution in [1.82, 2.24) is 8.61 Å². The maximum atomic E-state index is 12.0. The molecule has 0 aliphatic carbocycles.